The molecule has 0 atom stereocenters. The lowest BCUT2D eigenvalue weighted by molar-refractivity contribution is 0.0921. The van der Waals surface area contributed by atoms with E-state index in [1.165, 1.54) is 0 Å². The minimum Gasteiger partial charge on any atom is -0.486 e. The first kappa shape index (κ1) is 20.2. The van der Waals surface area contributed by atoms with Crippen molar-refractivity contribution in [3.63, 3.8) is 0 Å². The van der Waals surface area contributed by atoms with E-state index in [0.29, 0.717) is 12.3 Å². The summed E-state index contributed by atoms with van der Waals surface area (Å²) < 4.78 is 14.3. The number of nitrogens with zero attached hydrogens (tertiary/aromatic N) is 2. The van der Waals surface area contributed by atoms with Gasteiger partial charge in [0.1, 0.15) is 18.1 Å². The Morgan fingerprint density at radius 1 is 1.17 bits per heavy atom. The zero-order valence-electron chi connectivity index (χ0n) is 16.6. The average molecular weight is 468 g/mol. The molecule has 1 N–H and O–H groups in total. The molecule has 30 heavy (non-hydrogen) atoms. The molecular weight excluding hydrogens is 446 g/mol. The van der Waals surface area contributed by atoms with Gasteiger partial charge in [-0.3, -0.25) is 9.48 Å². The van der Waals surface area contributed by atoms with E-state index in [9.17, 15) is 4.79 Å². The van der Waals surface area contributed by atoms with Gasteiger partial charge in [-0.25, -0.2) is 0 Å². The van der Waals surface area contributed by atoms with E-state index in [-0.39, 0.29) is 18.3 Å². The van der Waals surface area contributed by atoms with Crippen LogP contribution >= 0.6 is 15.9 Å². The molecule has 0 saturated carbocycles. The van der Waals surface area contributed by atoms with Crippen molar-refractivity contribution in [1.82, 2.24) is 15.1 Å². The number of carbonyl (C=O) groups is 1. The van der Waals surface area contributed by atoms with Gasteiger partial charge in [0.2, 0.25) is 0 Å². The SMILES string of the molecule is Cc1nn(CCCNC(=O)c2ccc(COc3ccc4ccccc4c3)o2)cc1Br. The molecule has 6 nitrogen and oxygen atoms in total. The lowest BCUT2D eigenvalue weighted by Crippen LogP contribution is -2.24. The van der Waals surface area contributed by atoms with Crippen molar-refractivity contribution < 1.29 is 13.9 Å². The molecule has 0 spiro atoms. The highest BCUT2D eigenvalue weighted by Gasteiger charge is 2.11. The zero-order valence-corrected chi connectivity index (χ0v) is 18.2. The molecule has 154 valence electrons. The summed E-state index contributed by atoms with van der Waals surface area (Å²) >= 11 is 3.44. The normalized spacial score (nSPS) is 11.0. The Morgan fingerprint density at radius 3 is 2.80 bits per heavy atom. The van der Waals surface area contributed by atoms with Crippen molar-refractivity contribution in [2.75, 3.05) is 6.54 Å². The van der Waals surface area contributed by atoms with Gasteiger partial charge < -0.3 is 14.5 Å². The van der Waals surface area contributed by atoms with Crippen molar-refractivity contribution in [1.29, 1.82) is 0 Å². The van der Waals surface area contributed by atoms with E-state index in [1.807, 2.05) is 54.2 Å². The number of aromatic nitrogens is 2. The Bertz CT molecular complexity index is 1150. The molecule has 0 aliphatic carbocycles. The van der Waals surface area contributed by atoms with Crippen LogP contribution in [0, 0.1) is 6.92 Å². The standard InChI is InChI=1S/C23H22BrN3O3/c1-16-21(24)14-27(26-16)12-4-11-25-23(28)22-10-9-20(30-22)15-29-19-8-7-17-5-2-3-6-18(17)13-19/h2-3,5-10,13-14H,4,11-12,15H2,1H3,(H,25,28). The van der Waals surface area contributed by atoms with Crippen molar-refractivity contribution in [3.05, 3.63) is 82.5 Å². The number of hydrogen-bond donors (Lipinski definition) is 1. The van der Waals surface area contributed by atoms with Crippen LogP contribution in [0.1, 0.15) is 28.4 Å². The third-order valence-corrected chi connectivity index (χ3v) is 5.50. The summed E-state index contributed by atoms with van der Waals surface area (Å²) in [5, 5.41) is 9.53. The van der Waals surface area contributed by atoms with E-state index in [0.717, 1.165) is 39.7 Å². The van der Waals surface area contributed by atoms with E-state index in [4.69, 9.17) is 9.15 Å². The summed E-state index contributed by atoms with van der Waals surface area (Å²) in [6, 6.07) is 17.5. The van der Waals surface area contributed by atoms with Crippen molar-refractivity contribution >= 4 is 32.6 Å². The van der Waals surface area contributed by atoms with E-state index in [2.05, 4.69) is 32.4 Å². The molecule has 0 saturated heterocycles. The number of aryl methyl sites for hydroxylation is 2. The molecule has 2 heterocycles. The topological polar surface area (TPSA) is 69.3 Å². The molecule has 0 aliphatic rings. The van der Waals surface area contributed by atoms with Crippen LogP contribution in [0.3, 0.4) is 0 Å². The van der Waals surface area contributed by atoms with Gasteiger partial charge in [-0.1, -0.05) is 30.3 Å². The second-order valence-electron chi connectivity index (χ2n) is 7.00. The van der Waals surface area contributed by atoms with Gasteiger partial charge in [-0.2, -0.15) is 5.10 Å². The van der Waals surface area contributed by atoms with Crippen LogP contribution in [0.5, 0.6) is 5.75 Å². The fourth-order valence-electron chi connectivity index (χ4n) is 3.13. The smallest absolute Gasteiger partial charge is 0.286 e. The number of fused-ring (bicyclic) bond motifs is 1. The molecule has 2 aromatic carbocycles. The number of benzene rings is 2. The van der Waals surface area contributed by atoms with Crippen LogP contribution in [-0.4, -0.2) is 22.2 Å². The third-order valence-electron chi connectivity index (χ3n) is 4.72. The van der Waals surface area contributed by atoms with Crippen molar-refractivity contribution in [2.24, 2.45) is 0 Å². The van der Waals surface area contributed by atoms with Gasteiger partial charge in [0.15, 0.2) is 5.76 Å². The molecule has 0 bridgehead atoms. The number of rotatable bonds is 8. The lowest BCUT2D eigenvalue weighted by Gasteiger charge is -2.06. The van der Waals surface area contributed by atoms with Crippen LogP contribution in [0.15, 0.2) is 69.7 Å². The maximum atomic E-state index is 12.3. The van der Waals surface area contributed by atoms with Crippen LogP contribution < -0.4 is 10.1 Å². The molecule has 4 rings (SSSR count). The van der Waals surface area contributed by atoms with Gasteiger partial charge in [0, 0.05) is 19.3 Å². The monoisotopic (exact) mass is 467 g/mol. The van der Waals surface area contributed by atoms with Crippen LogP contribution in [0.25, 0.3) is 10.8 Å². The first-order valence-electron chi connectivity index (χ1n) is 9.76. The van der Waals surface area contributed by atoms with Crippen molar-refractivity contribution in [3.8, 4) is 5.75 Å². The number of hydrogen-bond acceptors (Lipinski definition) is 4. The van der Waals surface area contributed by atoms with Gasteiger partial charge >= 0.3 is 0 Å². The van der Waals surface area contributed by atoms with Gasteiger partial charge in [-0.05, 0) is 64.3 Å². The number of carbonyl (C=O) groups excluding carboxylic acids is 1. The number of halogens is 1. The number of ether oxygens (including phenoxy) is 1. The second kappa shape index (κ2) is 9.17. The summed E-state index contributed by atoms with van der Waals surface area (Å²) in [6.07, 6.45) is 2.71. The molecule has 0 aliphatic heterocycles. The molecule has 2 aromatic heterocycles. The third kappa shape index (κ3) is 4.91. The Kier molecular flexibility index (Phi) is 6.18. The quantitative estimate of drug-likeness (QED) is 0.366. The van der Waals surface area contributed by atoms with E-state index in [1.54, 1.807) is 12.1 Å². The highest BCUT2D eigenvalue weighted by atomic mass is 79.9. The molecular formula is C23H22BrN3O3. The fourth-order valence-corrected chi connectivity index (χ4v) is 3.44. The van der Waals surface area contributed by atoms with Gasteiger partial charge in [-0.15, -0.1) is 0 Å². The Hall–Kier alpha value is -3.06. The number of amides is 1. The first-order chi connectivity index (χ1) is 14.6. The number of nitrogens with one attached hydrogen (secondary N) is 1. The van der Waals surface area contributed by atoms with Crippen LogP contribution in [0.2, 0.25) is 0 Å². The Labute approximate surface area is 183 Å². The molecule has 7 heteroatoms. The Balaban J connectivity index is 1.25. The minimum absolute atomic E-state index is 0.232. The summed E-state index contributed by atoms with van der Waals surface area (Å²) in [5.41, 5.74) is 0.952. The first-order valence-corrected chi connectivity index (χ1v) is 10.6. The molecule has 4 aromatic rings. The Morgan fingerprint density at radius 2 is 2.00 bits per heavy atom. The predicted molar refractivity (Wildman–Crippen MR) is 119 cm³/mol. The largest absolute Gasteiger partial charge is 0.486 e. The molecule has 0 radical (unpaired) electrons. The van der Waals surface area contributed by atoms with Gasteiger partial charge in [0.25, 0.3) is 5.91 Å². The number of furan rings is 1. The summed E-state index contributed by atoms with van der Waals surface area (Å²) in [5.74, 6) is 1.41. The average Bonchev–Trinajstić information content (AvgIpc) is 3.36. The molecule has 0 unspecified atom stereocenters. The predicted octanol–water partition coefficient (Wildman–Crippen LogP) is 5.10. The second-order valence-corrected chi connectivity index (χ2v) is 7.85. The molecule has 0 fully saturated rings. The highest BCUT2D eigenvalue weighted by molar-refractivity contribution is 9.10. The van der Waals surface area contributed by atoms with Crippen LogP contribution in [-0.2, 0) is 13.2 Å². The van der Waals surface area contributed by atoms with Gasteiger partial charge in [0.05, 0.1) is 10.2 Å². The van der Waals surface area contributed by atoms with E-state index < -0.39 is 0 Å². The highest BCUT2D eigenvalue weighted by Crippen LogP contribution is 2.22. The summed E-state index contributed by atoms with van der Waals surface area (Å²) in [7, 11) is 0. The lowest BCUT2D eigenvalue weighted by atomic mass is 10.1. The van der Waals surface area contributed by atoms with E-state index >= 15 is 0 Å². The maximum Gasteiger partial charge on any atom is 0.286 e. The maximum absolute atomic E-state index is 12.3. The summed E-state index contributed by atoms with van der Waals surface area (Å²) in [4.78, 5) is 12.3. The fraction of sp³-hybridized carbons (Fsp3) is 0.217. The minimum atomic E-state index is -0.232. The van der Waals surface area contributed by atoms with Crippen LogP contribution in [0.4, 0.5) is 0 Å². The molecule has 1 amide bonds. The summed E-state index contributed by atoms with van der Waals surface area (Å²) in [6.45, 7) is 3.48. The zero-order chi connectivity index (χ0) is 20.9. The van der Waals surface area contributed by atoms with Crippen molar-refractivity contribution in [2.45, 2.75) is 26.5 Å².